The fourth-order valence-corrected chi connectivity index (χ4v) is 3.73. The molecule has 1 rings (SSSR count). The first kappa shape index (κ1) is 17.0. The van der Waals surface area contributed by atoms with Crippen LogP contribution in [0.4, 0.5) is 0 Å². The van der Waals surface area contributed by atoms with Gasteiger partial charge in [-0.25, -0.2) is 0 Å². The van der Waals surface area contributed by atoms with Crippen molar-refractivity contribution >= 4 is 0 Å². The lowest BCUT2D eigenvalue weighted by Gasteiger charge is -2.47. The van der Waals surface area contributed by atoms with Gasteiger partial charge in [0.25, 0.3) is 0 Å². The second-order valence-electron chi connectivity index (χ2n) is 6.72. The van der Waals surface area contributed by atoms with E-state index in [1.165, 1.54) is 77.0 Å². The van der Waals surface area contributed by atoms with E-state index in [1.807, 2.05) is 0 Å². The molecular weight excluding hydrogens is 232 g/mol. The summed E-state index contributed by atoms with van der Waals surface area (Å²) in [5, 5.41) is 0. The Bertz CT molecular complexity index is 219. The Morgan fingerprint density at radius 3 is 2.11 bits per heavy atom. The summed E-state index contributed by atoms with van der Waals surface area (Å²) in [5.41, 5.74) is 6.88. The van der Waals surface area contributed by atoms with Gasteiger partial charge in [0.05, 0.1) is 0 Å². The number of nitrogens with zero attached hydrogens (tertiary/aromatic N) is 1. The zero-order chi connectivity index (χ0) is 14.1. The predicted molar refractivity (Wildman–Crippen MR) is 85.5 cm³/mol. The molecule has 1 fully saturated rings. The highest BCUT2D eigenvalue weighted by molar-refractivity contribution is 4.98. The van der Waals surface area contributed by atoms with Crippen LogP contribution in [0.3, 0.4) is 0 Å². The molecule has 19 heavy (non-hydrogen) atoms. The molecule has 0 radical (unpaired) electrons. The standard InChI is InChI=1S/C17H36N2/c1-4-5-6-7-8-10-13-16(18)17(19(2)3)14-11-9-12-15-17/h16H,4-15,18H2,1-3H3. The van der Waals surface area contributed by atoms with Crippen molar-refractivity contribution in [1.29, 1.82) is 0 Å². The van der Waals surface area contributed by atoms with Gasteiger partial charge < -0.3 is 10.6 Å². The quantitative estimate of drug-likeness (QED) is 0.631. The SMILES string of the molecule is CCCCCCCCC(N)C1(N(C)C)CCCCC1. The lowest BCUT2D eigenvalue weighted by molar-refractivity contribution is 0.0675. The van der Waals surface area contributed by atoms with Crippen molar-refractivity contribution < 1.29 is 0 Å². The number of unbranched alkanes of at least 4 members (excludes halogenated alkanes) is 5. The number of likely N-dealkylation sites (N-methyl/N-ethyl adjacent to an activating group) is 1. The molecule has 1 aliphatic rings. The maximum atomic E-state index is 6.58. The van der Waals surface area contributed by atoms with Crippen LogP contribution in [-0.4, -0.2) is 30.6 Å². The zero-order valence-electron chi connectivity index (χ0n) is 13.6. The molecule has 0 heterocycles. The van der Waals surface area contributed by atoms with Crippen LogP contribution in [-0.2, 0) is 0 Å². The Hall–Kier alpha value is -0.0800. The molecule has 1 aliphatic carbocycles. The van der Waals surface area contributed by atoms with Crippen LogP contribution in [0.2, 0.25) is 0 Å². The highest BCUT2D eigenvalue weighted by atomic mass is 15.2. The highest BCUT2D eigenvalue weighted by Gasteiger charge is 2.39. The molecule has 1 atom stereocenters. The lowest BCUT2D eigenvalue weighted by atomic mass is 9.74. The third-order valence-electron chi connectivity index (χ3n) is 5.17. The molecule has 0 aromatic carbocycles. The summed E-state index contributed by atoms with van der Waals surface area (Å²) in [6, 6.07) is 0.369. The van der Waals surface area contributed by atoms with Crippen molar-refractivity contribution in [1.82, 2.24) is 4.90 Å². The molecule has 2 heteroatoms. The molecule has 0 aliphatic heterocycles. The summed E-state index contributed by atoms with van der Waals surface area (Å²) in [6.07, 6.45) is 16.2. The molecule has 0 aromatic rings. The Morgan fingerprint density at radius 1 is 0.947 bits per heavy atom. The van der Waals surface area contributed by atoms with E-state index in [4.69, 9.17) is 5.73 Å². The summed E-state index contributed by atoms with van der Waals surface area (Å²) >= 11 is 0. The first-order chi connectivity index (χ1) is 9.13. The number of hydrogen-bond acceptors (Lipinski definition) is 2. The number of hydrogen-bond donors (Lipinski definition) is 1. The summed E-state index contributed by atoms with van der Waals surface area (Å²) in [4.78, 5) is 2.42. The minimum absolute atomic E-state index is 0.293. The van der Waals surface area contributed by atoms with Crippen molar-refractivity contribution in [3.05, 3.63) is 0 Å². The smallest absolute Gasteiger partial charge is 0.0354 e. The largest absolute Gasteiger partial charge is 0.326 e. The molecule has 1 saturated carbocycles. The van der Waals surface area contributed by atoms with Gasteiger partial charge in [0, 0.05) is 11.6 Å². The minimum Gasteiger partial charge on any atom is -0.326 e. The van der Waals surface area contributed by atoms with E-state index in [1.54, 1.807) is 0 Å². The average molecular weight is 268 g/mol. The van der Waals surface area contributed by atoms with E-state index in [9.17, 15) is 0 Å². The maximum Gasteiger partial charge on any atom is 0.0354 e. The summed E-state index contributed by atoms with van der Waals surface area (Å²) < 4.78 is 0. The van der Waals surface area contributed by atoms with Gasteiger partial charge in [-0.05, 0) is 33.4 Å². The van der Waals surface area contributed by atoms with Crippen LogP contribution in [0.1, 0.15) is 84.0 Å². The fraction of sp³-hybridized carbons (Fsp3) is 1.00. The van der Waals surface area contributed by atoms with Crippen LogP contribution in [0.25, 0.3) is 0 Å². The van der Waals surface area contributed by atoms with Crippen LogP contribution >= 0.6 is 0 Å². The average Bonchev–Trinajstić information content (AvgIpc) is 2.43. The highest BCUT2D eigenvalue weighted by Crippen LogP contribution is 2.35. The monoisotopic (exact) mass is 268 g/mol. The van der Waals surface area contributed by atoms with Gasteiger partial charge in [-0.2, -0.15) is 0 Å². The second kappa shape index (κ2) is 8.97. The summed E-state index contributed by atoms with van der Waals surface area (Å²) in [7, 11) is 4.46. The van der Waals surface area contributed by atoms with Crippen molar-refractivity contribution in [3.8, 4) is 0 Å². The normalized spacial score (nSPS) is 20.7. The van der Waals surface area contributed by atoms with E-state index < -0.39 is 0 Å². The van der Waals surface area contributed by atoms with Crippen molar-refractivity contribution in [2.75, 3.05) is 14.1 Å². The van der Waals surface area contributed by atoms with Crippen LogP contribution in [0.15, 0.2) is 0 Å². The zero-order valence-corrected chi connectivity index (χ0v) is 13.6. The Labute approximate surface area is 121 Å². The maximum absolute atomic E-state index is 6.58. The summed E-state index contributed by atoms with van der Waals surface area (Å²) in [5.74, 6) is 0. The van der Waals surface area contributed by atoms with Crippen LogP contribution in [0, 0.1) is 0 Å². The van der Waals surface area contributed by atoms with Gasteiger partial charge in [-0.15, -0.1) is 0 Å². The van der Waals surface area contributed by atoms with E-state index in [0.29, 0.717) is 11.6 Å². The Balaban J connectivity index is 2.30. The van der Waals surface area contributed by atoms with Crippen LogP contribution < -0.4 is 5.73 Å². The lowest BCUT2D eigenvalue weighted by Crippen LogP contribution is -2.58. The van der Waals surface area contributed by atoms with Gasteiger partial charge in [-0.3, -0.25) is 0 Å². The van der Waals surface area contributed by atoms with E-state index in [-0.39, 0.29) is 0 Å². The molecule has 0 spiro atoms. The number of nitrogens with two attached hydrogens (primary N) is 1. The molecular formula is C17H36N2. The van der Waals surface area contributed by atoms with E-state index >= 15 is 0 Å². The molecule has 114 valence electrons. The summed E-state index contributed by atoms with van der Waals surface area (Å²) in [6.45, 7) is 2.28. The van der Waals surface area contributed by atoms with Crippen LogP contribution in [0.5, 0.6) is 0 Å². The molecule has 0 saturated heterocycles. The van der Waals surface area contributed by atoms with Crippen molar-refractivity contribution in [2.24, 2.45) is 5.73 Å². The molecule has 0 aromatic heterocycles. The first-order valence-electron chi connectivity index (χ1n) is 8.56. The first-order valence-corrected chi connectivity index (χ1v) is 8.56. The van der Waals surface area contributed by atoms with Crippen molar-refractivity contribution in [3.63, 3.8) is 0 Å². The van der Waals surface area contributed by atoms with Gasteiger partial charge in [0.1, 0.15) is 0 Å². The fourth-order valence-electron chi connectivity index (χ4n) is 3.73. The predicted octanol–water partition coefficient (Wildman–Crippen LogP) is 4.33. The molecule has 2 N–H and O–H groups in total. The van der Waals surface area contributed by atoms with E-state index in [0.717, 1.165) is 0 Å². The van der Waals surface area contributed by atoms with Crippen molar-refractivity contribution in [2.45, 2.75) is 95.6 Å². The Morgan fingerprint density at radius 2 is 1.53 bits per heavy atom. The Kier molecular flexibility index (Phi) is 8.01. The minimum atomic E-state index is 0.293. The molecule has 2 nitrogen and oxygen atoms in total. The second-order valence-corrected chi connectivity index (χ2v) is 6.72. The third kappa shape index (κ3) is 5.07. The van der Waals surface area contributed by atoms with Gasteiger partial charge in [-0.1, -0.05) is 64.7 Å². The van der Waals surface area contributed by atoms with Gasteiger partial charge >= 0.3 is 0 Å². The molecule has 1 unspecified atom stereocenters. The van der Waals surface area contributed by atoms with E-state index in [2.05, 4.69) is 25.9 Å². The third-order valence-corrected chi connectivity index (χ3v) is 5.17. The molecule has 0 bridgehead atoms. The van der Waals surface area contributed by atoms with Gasteiger partial charge in [0.15, 0.2) is 0 Å². The topological polar surface area (TPSA) is 29.3 Å². The number of rotatable bonds is 9. The molecule has 0 amide bonds. The van der Waals surface area contributed by atoms with Gasteiger partial charge in [0.2, 0.25) is 0 Å².